The molecule has 2 N–H and O–H groups in total. The van der Waals surface area contributed by atoms with E-state index in [1.165, 1.54) is 12.8 Å². The molecule has 0 saturated carbocycles. The van der Waals surface area contributed by atoms with E-state index in [1.807, 2.05) is 6.92 Å². The van der Waals surface area contributed by atoms with Gasteiger partial charge in [-0.05, 0) is 33.2 Å². The summed E-state index contributed by atoms with van der Waals surface area (Å²) < 4.78 is 25.3. The molecule has 0 radical (unpaired) electrons. The number of hydrogen-bond acceptors (Lipinski definition) is 3. The monoisotopic (exact) mass is 220 g/mol. The predicted molar refractivity (Wildman–Crippen MR) is 57.7 cm³/mol. The molecule has 0 aliphatic carbocycles. The van der Waals surface area contributed by atoms with Crippen LogP contribution in [0.5, 0.6) is 0 Å². The van der Waals surface area contributed by atoms with Gasteiger partial charge in [-0.25, -0.2) is 13.1 Å². The van der Waals surface area contributed by atoms with Gasteiger partial charge in [0.05, 0.1) is 5.75 Å². The van der Waals surface area contributed by atoms with Crippen molar-refractivity contribution in [2.45, 2.75) is 45.2 Å². The first-order valence-corrected chi connectivity index (χ1v) is 6.94. The SMILES string of the molecule is CCS(=O)(=O)NC(C)C1CCCCN1. The van der Waals surface area contributed by atoms with Crippen molar-refractivity contribution in [2.24, 2.45) is 0 Å². The fourth-order valence-electron chi connectivity index (χ4n) is 1.75. The molecule has 1 heterocycles. The Morgan fingerprint density at radius 3 is 2.71 bits per heavy atom. The Balaban J connectivity index is 2.44. The average molecular weight is 220 g/mol. The Kier molecular flexibility index (Phi) is 4.34. The third-order valence-electron chi connectivity index (χ3n) is 2.70. The third kappa shape index (κ3) is 3.55. The van der Waals surface area contributed by atoms with E-state index in [9.17, 15) is 8.42 Å². The summed E-state index contributed by atoms with van der Waals surface area (Å²) in [6.07, 6.45) is 3.45. The second kappa shape index (κ2) is 5.09. The number of nitrogens with one attached hydrogen (secondary N) is 2. The van der Waals surface area contributed by atoms with Crippen LogP contribution in [0.25, 0.3) is 0 Å². The lowest BCUT2D eigenvalue weighted by molar-refractivity contribution is 0.347. The Labute approximate surface area is 86.5 Å². The molecule has 4 nitrogen and oxygen atoms in total. The smallest absolute Gasteiger partial charge is 0.211 e. The fraction of sp³-hybridized carbons (Fsp3) is 1.00. The zero-order valence-corrected chi connectivity index (χ0v) is 9.73. The van der Waals surface area contributed by atoms with Gasteiger partial charge in [0.15, 0.2) is 0 Å². The second-order valence-electron chi connectivity index (χ2n) is 3.87. The summed E-state index contributed by atoms with van der Waals surface area (Å²) in [6.45, 7) is 4.59. The Morgan fingerprint density at radius 2 is 2.21 bits per heavy atom. The lowest BCUT2D eigenvalue weighted by Gasteiger charge is -2.29. The number of piperidine rings is 1. The van der Waals surface area contributed by atoms with Gasteiger partial charge in [0, 0.05) is 12.1 Å². The zero-order chi connectivity index (χ0) is 10.6. The molecular weight excluding hydrogens is 200 g/mol. The van der Waals surface area contributed by atoms with Crippen LogP contribution in [-0.4, -0.2) is 32.8 Å². The number of sulfonamides is 1. The highest BCUT2D eigenvalue weighted by atomic mass is 32.2. The van der Waals surface area contributed by atoms with Crippen molar-refractivity contribution in [1.29, 1.82) is 0 Å². The molecule has 0 bridgehead atoms. The summed E-state index contributed by atoms with van der Waals surface area (Å²) in [6, 6.07) is 0.297. The van der Waals surface area contributed by atoms with Gasteiger partial charge >= 0.3 is 0 Å². The van der Waals surface area contributed by atoms with Crippen molar-refractivity contribution in [2.75, 3.05) is 12.3 Å². The van der Waals surface area contributed by atoms with Gasteiger partial charge in [-0.1, -0.05) is 6.42 Å². The Hall–Kier alpha value is -0.130. The maximum Gasteiger partial charge on any atom is 0.211 e. The minimum absolute atomic E-state index is 0.000231. The summed E-state index contributed by atoms with van der Waals surface area (Å²) >= 11 is 0. The maximum absolute atomic E-state index is 11.3. The van der Waals surface area contributed by atoms with Gasteiger partial charge in [0.2, 0.25) is 10.0 Å². The molecule has 84 valence electrons. The molecule has 1 saturated heterocycles. The van der Waals surface area contributed by atoms with Crippen LogP contribution in [0, 0.1) is 0 Å². The fourth-order valence-corrected chi connectivity index (χ4v) is 2.65. The van der Waals surface area contributed by atoms with Gasteiger partial charge < -0.3 is 5.32 Å². The van der Waals surface area contributed by atoms with Gasteiger partial charge in [-0.15, -0.1) is 0 Å². The van der Waals surface area contributed by atoms with Gasteiger partial charge in [0.1, 0.15) is 0 Å². The Bertz CT molecular complexity index is 258. The van der Waals surface area contributed by atoms with Crippen LogP contribution in [0.3, 0.4) is 0 Å². The summed E-state index contributed by atoms with van der Waals surface area (Å²) in [4.78, 5) is 0. The van der Waals surface area contributed by atoms with Crippen LogP contribution in [0.2, 0.25) is 0 Å². The van der Waals surface area contributed by atoms with E-state index in [1.54, 1.807) is 6.92 Å². The summed E-state index contributed by atoms with van der Waals surface area (Å²) in [5.74, 6) is 0.157. The van der Waals surface area contributed by atoms with Gasteiger partial charge in [0.25, 0.3) is 0 Å². The van der Waals surface area contributed by atoms with Crippen molar-refractivity contribution in [1.82, 2.24) is 10.0 Å². The molecule has 0 aromatic rings. The number of hydrogen-bond donors (Lipinski definition) is 2. The van der Waals surface area contributed by atoms with Gasteiger partial charge in [-0.3, -0.25) is 0 Å². The van der Waals surface area contributed by atoms with E-state index in [0.29, 0.717) is 6.04 Å². The van der Waals surface area contributed by atoms with Crippen molar-refractivity contribution >= 4 is 10.0 Å². The summed E-state index contributed by atoms with van der Waals surface area (Å²) in [5, 5.41) is 3.34. The maximum atomic E-state index is 11.3. The van der Waals surface area contributed by atoms with Crippen molar-refractivity contribution in [3.05, 3.63) is 0 Å². The zero-order valence-electron chi connectivity index (χ0n) is 8.91. The van der Waals surface area contributed by atoms with Crippen LogP contribution >= 0.6 is 0 Å². The minimum Gasteiger partial charge on any atom is -0.312 e. The Morgan fingerprint density at radius 1 is 1.50 bits per heavy atom. The van der Waals surface area contributed by atoms with Crippen molar-refractivity contribution < 1.29 is 8.42 Å². The highest BCUT2D eigenvalue weighted by Gasteiger charge is 2.22. The molecule has 2 unspecified atom stereocenters. The molecule has 0 spiro atoms. The van der Waals surface area contributed by atoms with Crippen LogP contribution in [0.15, 0.2) is 0 Å². The highest BCUT2D eigenvalue weighted by molar-refractivity contribution is 7.89. The first-order valence-electron chi connectivity index (χ1n) is 5.28. The van der Waals surface area contributed by atoms with Crippen LogP contribution < -0.4 is 10.0 Å². The van der Waals surface area contributed by atoms with Crippen LogP contribution in [0.1, 0.15) is 33.1 Å². The van der Waals surface area contributed by atoms with Crippen molar-refractivity contribution in [3.8, 4) is 0 Å². The standard InChI is InChI=1S/C9H20N2O2S/c1-3-14(12,13)11-8(2)9-6-4-5-7-10-9/h8-11H,3-7H2,1-2H3. The summed E-state index contributed by atoms with van der Waals surface area (Å²) in [7, 11) is -3.06. The predicted octanol–water partition coefficient (Wildman–Crippen LogP) is 0.456. The third-order valence-corrected chi connectivity index (χ3v) is 4.19. The molecule has 0 aromatic carbocycles. The van der Waals surface area contributed by atoms with Crippen LogP contribution in [0.4, 0.5) is 0 Å². The quantitative estimate of drug-likeness (QED) is 0.723. The highest BCUT2D eigenvalue weighted by Crippen LogP contribution is 2.10. The first kappa shape index (κ1) is 11.9. The largest absolute Gasteiger partial charge is 0.312 e. The average Bonchev–Trinajstić information content (AvgIpc) is 2.19. The molecule has 0 aromatic heterocycles. The topological polar surface area (TPSA) is 58.2 Å². The molecule has 1 aliphatic heterocycles. The normalized spacial score (nSPS) is 26.0. The number of rotatable bonds is 4. The van der Waals surface area contributed by atoms with E-state index in [4.69, 9.17) is 0 Å². The second-order valence-corrected chi connectivity index (χ2v) is 5.91. The molecule has 1 fully saturated rings. The molecule has 5 heteroatoms. The molecule has 0 amide bonds. The molecule has 14 heavy (non-hydrogen) atoms. The lowest BCUT2D eigenvalue weighted by Crippen LogP contribution is -2.50. The van der Waals surface area contributed by atoms with E-state index in [2.05, 4.69) is 10.0 Å². The molecule has 2 atom stereocenters. The molecule has 1 aliphatic rings. The van der Waals surface area contributed by atoms with E-state index >= 15 is 0 Å². The minimum atomic E-state index is -3.06. The van der Waals surface area contributed by atoms with E-state index in [0.717, 1.165) is 13.0 Å². The van der Waals surface area contributed by atoms with Crippen LogP contribution in [-0.2, 0) is 10.0 Å². The van der Waals surface area contributed by atoms with E-state index in [-0.39, 0.29) is 11.8 Å². The first-order chi connectivity index (χ1) is 6.55. The van der Waals surface area contributed by atoms with E-state index < -0.39 is 10.0 Å². The lowest BCUT2D eigenvalue weighted by atomic mass is 10.00. The molecular formula is C9H20N2O2S. The van der Waals surface area contributed by atoms with Gasteiger partial charge in [-0.2, -0.15) is 0 Å². The molecule has 1 rings (SSSR count). The summed E-state index contributed by atoms with van der Waals surface area (Å²) in [5.41, 5.74) is 0. The van der Waals surface area contributed by atoms with Crippen molar-refractivity contribution in [3.63, 3.8) is 0 Å².